The van der Waals surface area contributed by atoms with Crippen molar-refractivity contribution >= 4 is 10.0 Å². The molecule has 0 saturated carbocycles. The fraction of sp³-hybridized carbons (Fsp3) is 0.833. The van der Waals surface area contributed by atoms with Gasteiger partial charge in [-0.25, -0.2) is 8.42 Å². The number of nitrogens with zero attached hydrogens (tertiary/aromatic N) is 1. The zero-order chi connectivity index (χ0) is 13.1. The molecule has 0 radical (unpaired) electrons. The third kappa shape index (κ3) is 4.08. The summed E-state index contributed by atoms with van der Waals surface area (Å²) < 4.78 is 25.5. The molecule has 100 valence electrons. The highest BCUT2D eigenvalue weighted by Crippen LogP contribution is 2.30. The van der Waals surface area contributed by atoms with E-state index in [1.807, 2.05) is 0 Å². The Bertz CT molecular complexity index is 380. The normalized spacial score (nSPS) is 19.2. The van der Waals surface area contributed by atoms with Gasteiger partial charge < -0.3 is 5.73 Å². The van der Waals surface area contributed by atoms with Gasteiger partial charge in [0.1, 0.15) is 0 Å². The van der Waals surface area contributed by atoms with Gasteiger partial charge in [0, 0.05) is 13.1 Å². The van der Waals surface area contributed by atoms with Crippen LogP contribution in [0.5, 0.6) is 0 Å². The maximum absolute atomic E-state index is 11.9. The van der Waals surface area contributed by atoms with Gasteiger partial charge in [-0.3, -0.25) is 0 Å². The maximum atomic E-state index is 11.9. The van der Waals surface area contributed by atoms with E-state index in [1.165, 1.54) is 5.57 Å². The largest absolute Gasteiger partial charge is 0.330 e. The van der Waals surface area contributed by atoms with Crippen molar-refractivity contribution in [2.45, 2.75) is 33.6 Å². The standard InChI is InChI=1S/C12H24N2O2S/c1-12(2,3)11-5-8-14(9-6-11)17(15,16)10-4-7-13/h5H,4,6-10,13H2,1-3H3. The molecule has 1 aliphatic heterocycles. The second-order valence-electron chi connectivity index (χ2n) is 5.55. The molecule has 1 heterocycles. The molecule has 0 atom stereocenters. The van der Waals surface area contributed by atoms with Crippen molar-refractivity contribution in [2.75, 3.05) is 25.4 Å². The molecule has 0 fully saturated rings. The van der Waals surface area contributed by atoms with Crippen LogP contribution in [0.3, 0.4) is 0 Å². The SMILES string of the molecule is CC(C)(C)C1=CCN(S(=O)(=O)CCCN)CC1. The van der Waals surface area contributed by atoms with Gasteiger partial charge in [-0.05, 0) is 24.8 Å². The predicted octanol–water partition coefficient (Wildman–Crippen LogP) is 1.34. The smallest absolute Gasteiger partial charge is 0.214 e. The second-order valence-corrected chi connectivity index (χ2v) is 7.63. The van der Waals surface area contributed by atoms with Crippen molar-refractivity contribution < 1.29 is 8.42 Å². The topological polar surface area (TPSA) is 63.4 Å². The molecule has 0 aromatic carbocycles. The first-order valence-corrected chi connectivity index (χ1v) is 7.75. The Morgan fingerprint density at radius 3 is 2.47 bits per heavy atom. The first-order chi connectivity index (χ1) is 7.77. The van der Waals surface area contributed by atoms with Gasteiger partial charge in [0.2, 0.25) is 10.0 Å². The van der Waals surface area contributed by atoms with E-state index in [4.69, 9.17) is 5.73 Å². The van der Waals surface area contributed by atoms with Crippen molar-refractivity contribution in [3.8, 4) is 0 Å². The molecule has 4 nitrogen and oxygen atoms in total. The highest BCUT2D eigenvalue weighted by Gasteiger charge is 2.27. The van der Waals surface area contributed by atoms with Crippen LogP contribution in [-0.2, 0) is 10.0 Å². The first-order valence-electron chi connectivity index (χ1n) is 6.15. The summed E-state index contributed by atoms with van der Waals surface area (Å²) >= 11 is 0. The maximum Gasteiger partial charge on any atom is 0.214 e. The second kappa shape index (κ2) is 5.50. The van der Waals surface area contributed by atoms with Gasteiger partial charge in [0.05, 0.1) is 5.75 Å². The summed E-state index contributed by atoms with van der Waals surface area (Å²) in [5, 5.41) is 0. The molecule has 1 aliphatic rings. The van der Waals surface area contributed by atoms with Crippen molar-refractivity contribution in [2.24, 2.45) is 11.1 Å². The van der Waals surface area contributed by atoms with E-state index in [2.05, 4.69) is 26.8 Å². The lowest BCUT2D eigenvalue weighted by atomic mass is 9.83. The van der Waals surface area contributed by atoms with Crippen LogP contribution in [0.4, 0.5) is 0 Å². The lowest BCUT2D eigenvalue weighted by Crippen LogP contribution is -2.38. The predicted molar refractivity (Wildman–Crippen MR) is 71.2 cm³/mol. The Kier molecular flexibility index (Phi) is 4.75. The monoisotopic (exact) mass is 260 g/mol. The van der Waals surface area contributed by atoms with Gasteiger partial charge in [-0.15, -0.1) is 0 Å². The molecule has 1 rings (SSSR count). The Labute approximate surface area is 105 Å². The number of hydrogen-bond donors (Lipinski definition) is 1. The molecule has 0 bridgehead atoms. The van der Waals surface area contributed by atoms with Crippen molar-refractivity contribution in [3.63, 3.8) is 0 Å². The van der Waals surface area contributed by atoms with Gasteiger partial charge in [0.15, 0.2) is 0 Å². The van der Waals surface area contributed by atoms with Crippen LogP contribution in [0.1, 0.15) is 33.6 Å². The minimum atomic E-state index is -3.11. The van der Waals surface area contributed by atoms with E-state index >= 15 is 0 Å². The van der Waals surface area contributed by atoms with Crippen molar-refractivity contribution in [1.82, 2.24) is 4.31 Å². The van der Waals surface area contributed by atoms with Gasteiger partial charge in [-0.1, -0.05) is 32.4 Å². The summed E-state index contributed by atoms with van der Waals surface area (Å²) in [7, 11) is -3.11. The molecule has 0 amide bonds. The Morgan fingerprint density at radius 1 is 1.41 bits per heavy atom. The number of hydrogen-bond acceptors (Lipinski definition) is 3. The molecule has 0 aromatic heterocycles. The summed E-state index contributed by atoms with van der Waals surface area (Å²) in [6, 6.07) is 0. The summed E-state index contributed by atoms with van der Waals surface area (Å²) in [5.41, 5.74) is 6.85. The zero-order valence-electron chi connectivity index (χ0n) is 11.1. The van der Waals surface area contributed by atoms with Crippen LogP contribution in [0.25, 0.3) is 0 Å². The van der Waals surface area contributed by atoms with Crippen LogP contribution in [0.2, 0.25) is 0 Å². The van der Waals surface area contributed by atoms with Crippen molar-refractivity contribution in [1.29, 1.82) is 0 Å². The van der Waals surface area contributed by atoms with E-state index in [-0.39, 0.29) is 11.2 Å². The fourth-order valence-corrected chi connectivity index (χ4v) is 3.44. The Balaban J connectivity index is 2.66. The highest BCUT2D eigenvalue weighted by molar-refractivity contribution is 7.89. The molecule has 5 heteroatoms. The lowest BCUT2D eigenvalue weighted by Gasteiger charge is -2.31. The first kappa shape index (κ1) is 14.7. The Hall–Kier alpha value is -0.390. The molecule has 17 heavy (non-hydrogen) atoms. The summed E-state index contributed by atoms with van der Waals surface area (Å²) in [6.07, 6.45) is 3.43. The minimum absolute atomic E-state index is 0.146. The number of sulfonamides is 1. The average Bonchev–Trinajstić information content (AvgIpc) is 2.25. The van der Waals surface area contributed by atoms with Gasteiger partial charge in [-0.2, -0.15) is 4.31 Å². The summed E-state index contributed by atoms with van der Waals surface area (Å²) in [6.45, 7) is 8.04. The van der Waals surface area contributed by atoms with E-state index < -0.39 is 10.0 Å². The van der Waals surface area contributed by atoms with E-state index in [9.17, 15) is 8.42 Å². The average molecular weight is 260 g/mol. The minimum Gasteiger partial charge on any atom is -0.330 e. The van der Waals surface area contributed by atoms with Crippen LogP contribution in [-0.4, -0.2) is 38.1 Å². The van der Waals surface area contributed by atoms with Gasteiger partial charge in [0.25, 0.3) is 0 Å². The molecule has 0 saturated heterocycles. The number of nitrogens with two attached hydrogens (primary N) is 1. The van der Waals surface area contributed by atoms with E-state index in [0.717, 1.165) is 6.42 Å². The van der Waals surface area contributed by atoms with Crippen LogP contribution in [0.15, 0.2) is 11.6 Å². The molecular formula is C12H24N2O2S. The highest BCUT2D eigenvalue weighted by atomic mass is 32.2. The van der Waals surface area contributed by atoms with E-state index in [0.29, 0.717) is 26.1 Å². The zero-order valence-corrected chi connectivity index (χ0v) is 11.9. The van der Waals surface area contributed by atoms with Crippen LogP contribution >= 0.6 is 0 Å². The third-order valence-electron chi connectivity index (χ3n) is 3.14. The number of rotatable bonds is 4. The molecule has 2 N–H and O–H groups in total. The summed E-state index contributed by atoms with van der Waals surface area (Å²) in [4.78, 5) is 0. The lowest BCUT2D eigenvalue weighted by molar-refractivity contribution is 0.389. The van der Waals surface area contributed by atoms with E-state index in [1.54, 1.807) is 4.31 Å². The van der Waals surface area contributed by atoms with Crippen LogP contribution < -0.4 is 5.73 Å². The quantitative estimate of drug-likeness (QED) is 0.776. The molecule has 0 unspecified atom stereocenters. The Morgan fingerprint density at radius 2 is 2.06 bits per heavy atom. The van der Waals surface area contributed by atoms with Gasteiger partial charge >= 0.3 is 0 Å². The summed E-state index contributed by atoms with van der Waals surface area (Å²) in [5.74, 6) is 0.169. The molecule has 0 spiro atoms. The van der Waals surface area contributed by atoms with Crippen LogP contribution in [0, 0.1) is 5.41 Å². The molecular weight excluding hydrogens is 236 g/mol. The third-order valence-corrected chi connectivity index (χ3v) is 5.06. The molecule has 0 aromatic rings. The fourth-order valence-electron chi connectivity index (χ4n) is 1.98. The van der Waals surface area contributed by atoms with Crippen molar-refractivity contribution in [3.05, 3.63) is 11.6 Å². The molecule has 0 aliphatic carbocycles.